The average molecular weight is 621 g/mol. The van der Waals surface area contributed by atoms with Gasteiger partial charge in [-0.1, -0.05) is 20.8 Å². The molecule has 254 valence electrons. The second-order valence-electron chi connectivity index (χ2n) is 15.4. The highest BCUT2D eigenvalue weighted by atomic mass is 16.5. The number of aliphatic hydroxyl groups excluding tert-OH is 1. The summed E-state index contributed by atoms with van der Waals surface area (Å²) in [5.74, 6) is 4.74. The molecule has 5 aliphatic rings. The van der Waals surface area contributed by atoms with Gasteiger partial charge in [0.2, 0.25) is 5.91 Å². The van der Waals surface area contributed by atoms with E-state index >= 15 is 0 Å². The summed E-state index contributed by atoms with van der Waals surface area (Å²) in [6, 6.07) is 0. The molecule has 44 heavy (non-hydrogen) atoms. The van der Waals surface area contributed by atoms with Crippen molar-refractivity contribution in [1.82, 2.24) is 10.2 Å². The second-order valence-corrected chi connectivity index (χ2v) is 15.4. The van der Waals surface area contributed by atoms with Crippen molar-refractivity contribution < 1.29 is 28.8 Å². The molecule has 5 rings (SSSR count). The maximum atomic E-state index is 13.5. The Labute approximate surface area is 267 Å². The van der Waals surface area contributed by atoms with E-state index in [0.29, 0.717) is 95.0 Å². The highest BCUT2D eigenvalue weighted by molar-refractivity contribution is 5.76. The third-order valence-electron chi connectivity index (χ3n) is 13.2. The minimum Gasteiger partial charge on any atom is -0.393 e. The highest BCUT2D eigenvalue weighted by Crippen LogP contribution is 2.68. The summed E-state index contributed by atoms with van der Waals surface area (Å²) < 4.78 is 22.9. The first-order chi connectivity index (χ1) is 21.3. The zero-order chi connectivity index (χ0) is 31.0. The largest absolute Gasteiger partial charge is 0.393 e. The minimum absolute atomic E-state index is 0.0699. The fraction of sp³-hybridized carbons (Fsp3) is 0.972. The van der Waals surface area contributed by atoms with Crippen LogP contribution in [0.3, 0.4) is 0 Å². The van der Waals surface area contributed by atoms with Crippen molar-refractivity contribution in [1.29, 1.82) is 0 Å². The Bertz CT molecular complexity index is 873. The normalized spacial score (nSPS) is 41.0. The van der Waals surface area contributed by atoms with Gasteiger partial charge in [-0.15, -0.1) is 0 Å². The molecule has 8 heteroatoms. The van der Waals surface area contributed by atoms with E-state index < -0.39 is 0 Å². The van der Waals surface area contributed by atoms with Crippen LogP contribution in [-0.4, -0.2) is 101 Å². The van der Waals surface area contributed by atoms with Crippen molar-refractivity contribution in [3.8, 4) is 0 Å². The molecule has 4 aliphatic carbocycles. The van der Waals surface area contributed by atoms with Crippen LogP contribution in [0.25, 0.3) is 0 Å². The minimum atomic E-state index is -0.0699. The van der Waals surface area contributed by atoms with Gasteiger partial charge in [0.1, 0.15) is 0 Å². The Morgan fingerprint density at radius 3 is 2.09 bits per heavy atom. The first-order valence-corrected chi connectivity index (χ1v) is 18.3. The van der Waals surface area contributed by atoms with Crippen molar-refractivity contribution >= 4 is 5.91 Å². The summed E-state index contributed by atoms with van der Waals surface area (Å²) in [5.41, 5.74) is 0.839. The molecule has 0 spiro atoms. The number of hydrogen-bond donors (Lipinski definition) is 2. The van der Waals surface area contributed by atoms with E-state index in [1.807, 2.05) is 4.90 Å². The van der Waals surface area contributed by atoms with Crippen LogP contribution in [0.4, 0.5) is 0 Å². The molecule has 1 saturated heterocycles. The van der Waals surface area contributed by atoms with E-state index in [-0.39, 0.29) is 12.0 Å². The summed E-state index contributed by atoms with van der Waals surface area (Å²) in [4.78, 5) is 15.5. The van der Waals surface area contributed by atoms with Gasteiger partial charge in [0.25, 0.3) is 0 Å². The highest BCUT2D eigenvalue weighted by Gasteiger charge is 2.60. The third kappa shape index (κ3) is 8.20. The number of carbonyl (C=O) groups excluding carboxylic acids is 1. The zero-order valence-electron chi connectivity index (χ0n) is 28.2. The lowest BCUT2D eigenvalue weighted by atomic mass is 9.44. The molecule has 0 radical (unpaired) electrons. The quantitative estimate of drug-likeness (QED) is 0.461. The van der Waals surface area contributed by atoms with Gasteiger partial charge in [-0.25, -0.2) is 0 Å². The van der Waals surface area contributed by atoms with Crippen LogP contribution in [0.2, 0.25) is 0 Å². The molecule has 1 heterocycles. The van der Waals surface area contributed by atoms with Gasteiger partial charge in [0.15, 0.2) is 0 Å². The molecular formula is C36H64N2O6. The number of fused-ring (bicyclic) bond motifs is 5. The van der Waals surface area contributed by atoms with Crippen LogP contribution >= 0.6 is 0 Å². The Morgan fingerprint density at radius 2 is 1.41 bits per heavy atom. The fourth-order valence-electron chi connectivity index (χ4n) is 10.7. The second kappa shape index (κ2) is 16.4. The van der Waals surface area contributed by atoms with E-state index in [1.54, 1.807) is 0 Å². The SMILES string of the molecule is C[C@H](CCC(=O)N1CCOCCOCCNCCOCCOCC1)[C@H]1CC[C@H]2[C@@H]3CCC4CC(O)CC[C@]4(C)[C@H]3CC[C@]12C. The Kier molecular flexibility index (Phi) is 12.9. The summed E-state index contributed by atoms with van der Waals surface area (Å²) in [7, 11) is 0. The third-order valence-corrected chi connectivity index (χ3v) is 13.2. The van der Waals surface area contributed by atoms with Gasteiger partial charge >= 0.3 is 0 Å². The van der Waals surface area contributed by atoms with Crippen molar-refractivity contribution in [2.45, 2.75) is 97.5 Å². The molecule has 5 fully saturated rings. The smallest absolute Gasteiger partial charge is 0.222 e. The van der Waals surface area contributed by atoms with Gasteiger partial charge in [-0.2, -0.15) is 0 Å². The van der Waals surface area contributed by atoms with Gasteiger partial charge in [0.05, 0.1) is 59.0 Å². The Balaban J connectivity index is 1.12. The monoisotopic (exact) mass is 620 g/mol. The van der Waals surface area contributed by atoms with E-state index in [4.69, 9.17) is 18.9 Å². The number of ether oxygens (including phenoxy) is 4. The number of carbonyl (C=O) groups is 1. The van der Waals surface area contributed by atoms with Crippen molar-refractivity contribution in [2.24, 2.45) is 46.3 Å². The molecule has 0 bridgehead atoms. The predicted octanol–water partition coefficient (Wildman–Crippen LogP) is 4.92. The number of nitrogens with zero attached hydrogens (tertiary/aromatic N) is 1. The van der Waals surface area contributed by atoms with E-state index in [1.165, 1.54) is 44.9 Å². The molecule has 0 aromatic carbocycles. The summed E-state index contributed by atoms with van der Waals surface area (Å²) in [6.45, 7) is 15.0. The van der Waals surface area contributed by atoms with E-state index in [0.717, 1.165) is 56.0 Å². The fourth-order valence-corrected chi connectivity index (χ4v) is 10.7. The molecule has 0 aromatic rings. The maximum Gasteiger partial charge on any atom is 0.222 e. The van der Waals surface area contributed by atoms with Crippen molar-refractivity contribution in [3.05, 3.63) is 0 Å². The van der Waals surface area contributed by atoms with Crippen LogP contribution in [0.15, 0.2) is 0 Å². The van der Waals surface area contributed by atoms with Gasteiger partial charge in [0, 0.05) is 32.6 Å². The Hall–Kier alpha value is -0.770. The van der Waals surface area contributed by atoms with Crippen molar-refractivity contribution in [3.63, 3.8) is 0 Å². The van der Waals surface area contributed by atoms with Crippen LogP contribution in [0, 0.1) is 46.3 Å². The lowest BCUT2D eigenvalue weighted by Gasteiger charge is -2.61. The number of aliphatic hydroxyl groups is 1. The van der Waals surface area contributed by atoms with Crippen LogP contribution in [0.1, 0.15) is 91.4 Å². The van der Waals surface area contributed by atoms with E-state index in [9.17, 15) is 9.90 Å². The standard InChI is InChI=1S/C36H64N2O6/c1-27(4-9-34(40)38-16-20-43-24-22-41-18-14-37-15-19-42-23-25-44-21-17-38)31-7-8-32-30-6-5-28-26-29(39)10-12-35(28,2)33(30)11-13-36(31,32)3/h27-33,37,39H,4-26H2,1-3H3/t27-,28?,29?,30+,31-,32+,33+,35+,36-/m1/s1. The van der Waals surface area contributed by atoms with Crippen molar-refractivity contribution in [2.75, 3.05) is 79.0 Å². The number of amides is 1. The number of nitrogens with one attached hydrogen (secondary N) is 1. The molecule has 0 aromatic heterocycles. The summed E-state index contributed by atoms with van der Waals surface area (Å²) in [5, 5.41) is 13.7. The molecule has 1 amide bonds. The van der Waals surface area contributed by atoms with Gasteiger partial charge in [-0.3, -0.25) is 4.79 Å². The lowest BCUT2D eigenvalue weighted by molar-refractivity contribution is -0.134. The average Bonchev–Trinajstić information content (AvgIpc) is 3.37. The van der Waals surface area contributed by atoms with Crippen LogP contribution < -0.4 is 5.32 Å². The number of hydrogen-bond acceptors (Lipinski definition) is 7. The first kappa shape index (κ1) is 34.6. The number of rotatable bonds is 4. The molecule has 1 aliphatic heterocycles. The maximum absolute atomic E-state index is 13.5. The molecule has 9 atom stereocenters. The van der Waals surface area contributed by atoms with Crippen LogP contribution in [0.5, 0.6) is 0 Å². The molecular weight excluding hydrogens is 556 g/mol. The Morgan fingerprint density at radius 1 is 0.795 bits per heavy atom. The molecule has 8 nitrogen and oxygen atoms in total. The van der Waals surface area contributed by atoms with Gasteiger partial charge in [-0.05, 0) is 111 Å². The van der Waals surface area contributed by atoms with E-state index in [2.05, 4.69) is 26.1 Å². The molecule has 2 unspecified atom stereocenters. The summed E-state index contributed by atoms with van der Waals surface area (Å²) in [6.07, 6.45) is 12.8. The predicted molar refractivity (Wildman–Crippen MR) is 172 cm³/mol. The first-order valence-electron chi connectivity index (χ1n) is 18.3. The molecule has 4 saturated carbocycles. The van der Waals surface area contributed by atoms with Crippen LogP contribution in [-0.2, 0) is 23.7 Å². The summed E-state index contributed by atoms with van der Waals surface area (Å²) >= 11 is 0. The topological polar surface area (TPSA) is 89.5 Å². The zero-order valence-corrected chi connectivity index (χ0v) is 28.2. The molecule has 2 N–H and O–H groups in total. The lowest BCUT2D eigenvalue weighted by Crippen LogP contribution is -2.54. The van der Waals surface area contributed by atoms with Gasteiger partial charge < -0.3 is 34.3 Å².